The lowest BCUT2D eigenvalue weighted by Gasteiger charge is -2.54. The highest BCUT2D eigenvalue weighted by Crippen LogP contribution is 2.31. The highest BCUT2D eigenvalue weighted by atomic mass is 35.5. The van der Waals surface area contributed by atoms with E-state index < -0.39 is 9.85 Å². The van der Waals surface area contributed by atoms with E-state index >= 15 is 0 Å². The Morgan fingerprint density at radius 3 is 1.32 bits per heavy atom. The number of quaternary nitrogens is 2. The zero-order valence-electron chi connectivity index (χ0n) is 20.5. The average Bonchev–Trinajstić information content (AvgIpc) is 2.88. The SMILES string of the molecule is O=[N+]([O-])c1c(Cl)ncnc1NN1CC[N+]2(CC1)CC[N+]1(CCN(Nc3ncnc(Cl)c3[N+](=O)[O-])CC1)CC2. The van der Waals surface area contributed by atoms with E-state index in [2.05, 4.69) is 30.8 Å². The largest absolute Gasteiger partial charge is 0.349 e. The quantitative estimate of drug-likeness (QED) is 0.219. The van der Waals surface area contributed by atoms with Gasteiger partial charge in [0, 0.05) is 0 Å². The van der Waals surface area contributed by atoms with E-state index in [1.54, 1.807) is 0 Å². The third kappa shape index (κ3) is 5.41. The van der Waals surface area contributed by atoms with Crippen LogP contribution in [-0.4, -0.2) is 127 Å². The molecule has 5 rings (SSSR count). The van der Waals surface area contributed by atoms with Crippen molar-refractivity contribution < 1.29 is 18.8 Å². The zero-order chi connectivity index (χ0) is 26.9. The van der Waals surface area contributed by atoms with Gasteiger partial charge in [0.2, 0.25) is 21.9 Å². The molecule has 0 radical (unpaired) electrons. The van der Waals surface area contributed by atoms with Crippen molar-refractivity contribution in [2.75, 3.05) is 89.4 Å². The molecule has 16 nitrogen and oxygen atoms in total. The summed E-state index contributed by atoms with van der Waals surface area (Å²) in [5.74, 6) is 0.209. The summed E-state index contributed by atoms with van der Waals surface area (Å²) in [5, 5.41) is 26.3. The second kappa shape index (κ2) is 10.6. The third-order valence-corrected chi connectivity index (χ3v) is 8.48. The van der Waals surface area contributed by atoms with Gasteiger partial charge in [-0.05, 0) is 0 Å². The van der Waals surface area contributed by atoms with E-state index in [4.69, 9.17) is 23.2 Å². The molecule has 2 spiro atoms. The summed E-state index contributed by atoms with van der Waals surface area (Å²) in [6.45, 7) is 10.9. The van der Waals surface area contributed by atoms with Crippen molar-refractivity contribution in [2.45, 2.75) is 0 Å². The third-order valence-electron chi connectivity index (χ3n) is 7.92. The minimum Gasteiger partial charge on any atom is -0.312 e. The molecular weight excluding hydrogens is 543 g/mol. The standard InChI is InChI=1S/C20H28Cl2N12O4/c21-17-15(31(35)36)19(25-13-23-17)27-29-1-5-33(6-2-29)9-11-34(12-10-33)7-3-30(4-8-34)28-20-16(32(37)38)18(22)24-14-26-20/h13-14H,1-12H2,(H,23,25,27)(H,24,26,28)/q+2. The minimum atomic E-state index is -0.574. The van der Waals surface area contributed by atoms with Crippen molar-refractivity contribution in [2.24, 2.45) is 0 Å². The summed E-state index contributed by atoms with van der Waals surface area (Å²) < 4.78 is 2.05. The van der Waals surface area contributed by atoms with Crippen LogP contribution >= 0.6 is 23.2 Å². The Morgan fingerprint density at radius 1 is 0.658 bits per heavy atom. The van der Waals surface area contributed by atoms with Gasteiger partial charge < -0.3 is 8.97 Å². The number of hydrogen-bond donors (Lipinski definition) is 2. The number of aromatic nitrogens is 4. The molecule has 2 aromatic heterocycles. The van der Waals surface area contributed by atoms with Crippen LogP contribution in [0.25, 0.3) is 0 Å². The first-order valence-electron chi connectivity index (χ1n) is 12.2. The maximum absolute atomic E-state index is 11.4. The number of hydrogen-bond acceptors (Lipinski definition) is 12. The number of anilines is 2. The first-order valence-corrected chi connectivity index (χ1v) is 13.0. The van der Waals surface area contributed by atoms with Crippen molar-refractivity contribution in [3.8, 4) is 0 Å². The van der Waals surface area contributed by atoms with Gasteiger partial charge in [0.15, 0.2) is 0 Å². The normalized spacial score (nSPS) is 21.3. The van der Waals surface area contributed by atoms with E-state index in [0.29, 0.717) is 0 Å². The molecule has 204 valence electrons. The smallest absolute Gasteiger partial charge is 0.312 e. The summed E-state index contributed by atoms with van der Waals surface area (Å²) >= 11 is 11.8. The lowest BCUT2D eigenvalue weighted by Crippen LogP contribution is -2.73. The fourth-order valence-electron chi connectivity index (χ4n) is 5.47. The number of halogens is 2. The Hall–Kier alpha value is -3.02. The van der Waals surface area contributed by atoms with E-state index in [-0.39, 0.29) is 33.3 Å². The van der Waals surface area contributed by atoms with Gasteiger partial charge in [0.1, 0.15) is 38.8 Å². The lowest BCUT2D eigenvalue weighted by molar-refractivity contribution is -1.03. The van der Waals surface area contributed by atoms with E-state index in [9.17, 15) is 20.2 Å². The molecule has 5 heterocycles. The van der Waals surface area contributed by atoms with Crippen molar-refractivity contribution in [1.29, 1.82) is 0 Å². The van der Waals surface area contributed by atoms with Gasteiger partial charge >= 0.3 is 11.4 Å². The van der Waals surface area contributed by atoms with Gasteiger partial charge in [-0.25, -0.2) is 30.0 Å². The van der Waals surface area contributed by atoms with Gasteiger partial charge in [-0.2, -0.15) is 0 Å². The number of nitrogens with one attached hydrogen (secondary N) is 2. The second-order valence-electron chi connectivity index (χ2n) is 9.91. The molecule has 3 fully saturated rings. The predicted octanol–water partition coefficient (Wildman–Crippen LogP) is 1.02. The Balaban J connectivity index is 1.12. The summed E-state index contributed by atoms with van der Waals surface area (Å²) in [6, 6.07) is 0. The average molecular weight is 571 g/mol. The molecule has 0 aromatic carbocycles. The van der Waals surface area contributed by atoms with Crippen LogP contribution in [0.2, 0.25) is 10.3 Å². The van der Waals surface area contributed by atoms with Crippen LogP contribution in [0, 0.1) is 20.2 Å². The van der Waals surface area contributed by atoms with Crippen LogP contribution in [0.1, 0.15) is 0 Å². The molecule has 0 saturated carbocycles. The molecule has 0 unspecified atom stereocenters. The monoisotopic (exact) mass is 570 g/mol. The fourth-order valence-corrected chi connectivity index (χ4v) is 5.87. The molecule has 0 bridgehead atoms. The van der Waals surface area contributed by atoms with Gasteiger partial charge in [-0.1, -0.05) is 23.2 Å². The summed E-state index contributed by atoms with van der Waals surface area (Å²) in [5.41, 5.74) is 5.48. The molecule has 2 aromatic rings. The Kier molecular flexibility index (Phi) is 7.43. The maximum Gasteiger partial charge on any atom is 0.349 e. The molecule has 38 heavy (non-hydrogen) atoms. The van der Waals surface area contributed by atoms with Crippen molar-refractivity contribution in [3.63, 3.8) is 0 Å². The van der Waals surface area contributed by atoms with Crippen LogP contribution in [0.3, 0.4) is 0 Å². The van der Waals surface area contributed by atoms with E-state index in [1.165, 1.54) is 12.7 Å². The number of hydrazine groups is 2. The molecule has 3 aliphatic heterocycles. The first-order chi connectivity index (χ1) is 18.2. The highest BCUT2D eigenvalue weighted by molar-refractivity contribution is 6.32. The number of piperazine rings is 3. The zero-order valence-corrected chi connectivity index (χ0v) is 22.0. The van der Waals surface area contributed by atoms with E-state index in [1.807, 2.05) is 10.0 Å². The van der Waals surface area contributed by atoms with Crippen LogP contribution in [0.5, 0.6) is 0 Å². The van der Waals surface area contributed by atoms with E-state index in [0.717, 1.165) is 87.5 Å². The molecular formula is C20H28Cl2N12O4+2. The van der Waals surface area contributed by atoms with Crippen molar-refractivity contribution in [3.05, 3.63) is 43.2 Å². The lowest BCUT2D eigenvalue weighted by atomic mass is 10.1. The molecule has 0 atom stereocenters. The topological polar surface area (TPSA) is 168 Å². The van der Waals surface area contributed by atoms with Gasteiger partial charge in [-0.15, -0.1) is 0 Å². The second-order valence-corrected chi connectivity index (χ2v) is 10.6. The molecule has 18 heteroatoms. The maximum atomic E-state index is 11.4. The minimum absolute atomic E-state index is 0.104. The van der Waals surface area contributed by atoms with Gasteiger partial charge in [0.25, 0.3) is 0 Å². The summed E-state index contributed by atoms with van der Waals surface area (Å²) in [7, 11) is 0. The summed E-state index contributed by atoms with van der Waals surface area (Å²) in [4.78, 5) is 37.0. The van der Waals surface area contributed by atoms with Crippen molar-refractivity contribution in [1.82, 2.24) is 30.0 Å². The molecule has 0 aliphatic carbocycles. The van der Waals surface area contributed by atoms with Gasteiger partial charge in [-0.3, -0.25) is 31.1 Å². The van der Waals surface area contributed by atoms with Crippen LogP contribution in [-0.2, 0) is 0 Å². The number of nitro groups is 2. The Bertz CT molecular complexity index is 1110. The van der Waals surface area contributed by atoms with Gasteiger partial charge in [0.05, 0.1) is 62.2 Å². The number of rotatable bonds is 6. The molecule has 2 N–H and O–H groups in total. The molecule has 3 aliphatic rings. The number of nitrogens with zero attached hydrogens (tertiary/aromatic N) is 10. The van der Waals surface area contributed by atoms with Crippen LogP contribution < -0.4 is 10.9 Å². The Labute approximate surface area is 227 Å². The first kappa shape index (κ1) is 26.6. The fraction of sp³-hybridized carbons (Fsp3) is 0.600. The highest BCUT2D eigenvalue weighted by Gasteiger charge is 2.45. The molecule has 3 saturated heterocycles. The predicted molar refractivity (Wildman–Crippen MR) is 137 cm³/mol. The van der Waals surface area contributed by atoms with Crippen molar-refractivity contribution >= 4 is 46.2 Å². The molecule has 0 amide bonds. The van der Waals surface area contributed by atoms with Crippen LogP contribution in [0.4, 0.5) is 23.0 Å². The van der Waals surface area contributed by atoms with Crippen LogP contribution in [0.15, 0.2) is 12.7 Å². The summed E-state index contributed by atoms with van der Waals surface area (Å²) in [6.07, 6.45) is 2.42. The Morgan fingerprint density at radius 2 is 1.00 bits per heavy atom.